The van der Waals surface area contributed by atoms with Crippen LogP contribution in [0.3, 0.4) is 0 Å². The molecule has 1 amide bonds. The van der Waals surface area contributed by atoms with Gasteiger partial charge in [0.25, 0.3) is 5.91 Å². The zero-order valence-corrected chi connectivity index (χ0v) is 10.7. The predicted octanol–water partition coefficient (Wildman–Crippen LogP) is 2.34. The highest BCUT2D eigenvalue weighted by Crippen LogP contribution is 2.00. The van der Waals surface area contributed by atoms with Crippen molar-refractivity contribution in [3.63, 3.8) is 0 Å². The normalized spacial score (nSPS) is 11.6. The first kappa shape index (κ1) is 13.8. The first-order chi connectivity index (χ1) is 8.67. The molecule has 0 fully saturated rings. The number of nitrogens with zero attached hydrogens (tertiary/aromatic N) is 2. The molecule has 4 nitrogen and oxygen atoms in total. The molecule has 1 aromatic rings. The molecule has 0 aliphatic rings. The SMILES string of the molecule is C=C/C=C(\C=C/C)C(=O)NCc1cncc(C)n1.[HH]. The maximum absolute atomic E-state index is 11.9. The average Bonchev–Trinajstić information content (AvgIpc) is 2.36. The first-order valence-electron chi connectivity index (χ1n) is 5.68. The van der Waals surface area contributed by atoms with Gasteiger partial charge in [0.2, 0.25) is 0 Å². The highest BCUT2D eigenvalue weighted by Gasteiger charge is 2.05. The summed E-state index contributed by atoms with van der Waals surface area (Å²) in [4.78, 5) is 20.1. The second kappa shape index (κ2) is 7.17. The summed E-state index contributed by atoms with van der Waals surface area (Å²) in [5, 5.41) is 2.79. The summed E-state index contributed by atoms with van der Waals surface area (Å²) in [6.45, 7) is 7.66. The fourth-order valence-electron chi connectivity index (χ4n) is 1.39. The molecule has 4 heteroatoms. The van der Waals surface area contributed by atoms with E-state index >= 15 is 0 Å². The summed E-state index contributed by atoms with van der Waals surface area (Å²) >= 11 is 0. The monoisotopic (exact) mass is 245 g/mol. The molecule has 1 aromatic heterocycles. The Morgan fingerprint density at radius 1 is 1.56 bits per heavy atom. The summed E-state index contributed by atoms with van der Waals surface area (Å²) in [5.41, 5.74) is 2.13. The minimum atomic E-state index is -0.156. The van der Waals surface area contributed by atoms with Gasteiger partial charge in [-0.1, -0.05) is 30.9 Å². The van der Waals surface area contributed by atoms with Crippen molar-refractivity contribution in [2.45, 2.75) is 20.4 Å². The molecule has 0 unspecified atom stereocenters. The van der Waals surface area contributed by atoms with Crippen LogP contribution in [0.1, 0.15) is 19.7 Å². The molecule has 0 aliphatic carbocycles. The van der Waals surface area contributed by atoms with Gasteiger partial charge in [-0.3, -0.25) is 14.8 Å². The maximum atomic E-state index is 11.9. The lowest BCUT2D eigenvalue weighted by Gasteiger charge is -2.05. The minimum absolute atomic E-state index is 0. The number of hydrogen-bond donors (Lipinski definition) is 1. The fourth-order valence-corrected chi connectivity index (χ4v) is 1.39. The van der Waals surface area contributed by atoms with E-state index in [9.17, 15) is 4.79 Å². The van der Waals surface area contributed by atoms with E-state index in [0.717, 1.165) is 11.4 Å². The molecular formula is C14H19N3O. The second-order valence-corrected chi connectivity index (χ2v) is 3.69. The molecule has 1 heterocycles. The third-order valence-electron chi connectivity index (χ3n) is 2.14. The number of nitrogens with one attached hydrogen (secondary N) is 1. The summed E-state index contributed by atoms with van der Waals surface area (Å²) in [6, 6.07) is 0. The third kappa shape index (κ3) is 4.33. The Labute approximate surface area is 109 Å². The number of aromatic nitrogens is 2. The van der Waals surface area contributed by atoms with Crippen molar-refractivity contribution >= 4 is 5.91 Å². The van der Waals surface area contributed by atoms with Crippen LogP contribution in [0.5, 0.6) is 0 Å². The molecule has 0 saturated carbocycles. The Morgan fingerprint density at radius 3 is 2.94 bits per heavy atom. The van der Waals surface area contributed by atoms with Gasteiger partial charge in [0.1, 0.15) is 0 Å². The molecule has 0 spiro atoms. The van der Waals surface area contributed by atoms with E-state index in [1.165, 1.54) is 0 Å². The van der Waals surface area contributed by atoms with Crippen molar-refractivity contribution in [3.8, 4) is 0 Å². The highest BCUT2D eigenvalue weighted by molar-refractivity contribution is 5.96. The van der Waals surface area contributed by atoms with Crippen LogP contribution in [-0.4, -0.2) is 15.9 Å². The van der Waals surface area contributed by atoms with Gasteiger partial charge >= 0.3 is 0 Å². The third-order valence-corrected chi connectivity index (χ3v) is 2.14. The van der Waals surface area contributed by atoms with Crippen molar-refractivity contribution in [1.82, 2.24) is 15.3 Å². The topological polar surface area (TPSA) is 54.9 Å². The van der Waals surface area contributed by atoms with Gasteiger partial charge in [-0.25, -0.2) is 0 Å². The lowest BCUT2D eigenvalue weighted by atomic mass is 10.2. The molecule has 1 N–H and O–H groups in total. The lowest BCUT2D eigenvalue weighted by molar-refractivity contribution is -0.117. The Kier molecular flexibility index (Phi) is 5.51. The molecule has 0 bridgehead atoms. The van der Waals surface area contributed by atoms with Crippen LogP contribution in [0.2, 0.25) is 0 Å². The van der Waals surface area contributed by atoms with Crippen molar-refractivity contribution in [1.29, 1.82) is 0 Å². The summed E-state index contributed by atoms with van der Waals surface area (Å²) < 4.78 is 0. The average molecular weight is 245 g/mol. The molecule has 18 heavy (non-hydrogen) atoms. The fraction of sp³-hybridized carbons (Fsp3) is 0.214. The van der Waals surface area contributed by atoms with Crippen LogP contribution in [0.15, 0.2) is 48.8 Å². The number of rotatable bonds is 5. The van der Waals surface area contributed by atoms with E-state index in [2.05, 4.69) is 21.9 Å². The van der Waals surface area contributed by atoms with Gasteiger partial charge in [0.15, 0.2) is 0 Å². The lowest BCUT2D eigenvalue weighted by Crippen LogP contribution is -2.24. The van der Waals surface area contributed by atoms with E-state index in [-0.39, 0.29) is 7.33 Å². The van der Waals surface area contributed by atoms with Gasteiger partial charge in [-0.2, -0.15) is 0 Å². The summed E-state index contributed by atoms with van der Waals surface area (Å²) in [6.07, 6.45) is 10.1. The number of carbonyl (C=O) groups excluding carboxylic acids is 1. The van der Waals surface area contributed by atoms with Crippen LogP contribution < -0.4 is 5.32 Å². The Hall–Kier alpha value is -2.23. The van der Waals surface area contributed by atoms with Crippen LogP contribution in [0.4, 0.5) is 0 Å². The summed E-state index contributed by atoms with van der Waals surface area (Å²) in [5.74, 6) is -0.156. The Morgan fingerprint density at radius 2 is 2.33 bits per heavy atom. The zero-order chi connectivity index (χ0) is 13.4. The van der Waals surface area contributed by atoms with Crippen molar-refractivity contribution in [3.05, 3.63) is 60.2 Å². The Balaban J connectivity index is 0.00000324. The number of hydrogen-bond acceptors (Lipinski definition) is 3. The molecule has 0 aromatic carbocycles. The van der Waals surface area contributed by atoms with E-state index in [1.807, 2.05) is 13.8 Å². The number of carbonyl (C=O) groups is 1. The van der Waals surface area contributed by atoms with E-state index in [1.54, 1.807) is 36.7 Å². The highest BCUT2D eigenvalue weighted by atomic mass is 16.1. The van der Waals surface area contributed by atoms with Gasteiger partial charge in [-0.05, 0) is 13.8 Å². The number of allylic oxidation sites excluding steroid dienone is 3. The van der Waals surface area contributed by atoms with Crippen LogP contribution in [0, 0.1) is 6.92 Å². The van der Waals surface area contributed by atoms with Gasteiger partial charge < -0.3 is 5.32 Å². The zero-order valence-electron chi connectivity index (χ0n) is 10.7. The van der Waals surface area contributed by atoms with E-state index in [4.69, 9.17) is 0 Å². The molecular weight excluding hydrogens is 226 g/mol. The summed E-state index contributed by atoms with van der Waals surface area (Å²) in [7, 11) is 0. The van der Waals surface area contributed by atoms with E-state index < -0.39 is 0 Å². The van der Waals surface area contributed by atoms with Crippen molar-refractivity contribution < 1.29 is 6.22 Å². The van der Waals surface area contributed by atoms with Gasteiger partial charge in [0, 0.05) is 13.2 Å². The standard InChI is InChI=1S/C14H17N3O.H2/c1-4-6-12(7-5-2)14(18)16-10-13-9-15-8-11(3)17-13;/h4-9H,1,10H2,2-3H3,(H,16,18);1H/b7-5-,12-6+;. The maximum Gasteiger partial charge on any atom is 0.251 e. The van der Waals surface area contributed by atoms with Crippen LogP contribution >= 0.6 is 0 Å². The molecule has 0 radical (unpaired) electrons. The number of aryl methyl sites for hydroxylation is 1. The van der Waals surface area contributed by atoms with Crippen molar-refractivity contribution in [2.24, 2.45) is 0 Å². The van der Waals surface area contributed by atoms with E-state index in [0.29, 0.717) is 12.1 Å². The molecule has 0 saturated heterocycles. The second-order valence-electron chi connectivity index (χ2n) is 3.69. The first-order valence-corrected chi connectivity index (χ1v) is 5.68. The minimum Gasteiger partial charge on any atom is -0.346 e. The smallest absolute Gasteiger partial charge is 0.251 e. The predicted molar refractivity (Wildman–Crippen MR) is 73.8 cm³/mol. The molecule has 96 valence electrons. The molecule has 1 rings (SSSR count). The Bertz CT molecular complexity index is 495. The number of amides is 1. The van der Waals surface area contributed by atoms with Crippen molar-refractivity contribution in [2.75, 3.05) is 0 Å². The van der Waals surface area contributed by atoms with Gasteiger partial charge in [0.05, 0.1) is 24.1 Å². The molecule has 0 atom stereocenters. The quantitative estimate of drug-likeness (QED) is 0.640. The molecule has 0 aliphatic heterocycles. The largest absolute Gasteiger partial charge is 0.346 e. The van der Waals surface area contributed by atoms with Gasteiger partial charge in [-0.15, -0.1) is 0 Å². The van der Waals surface area contributed by atoms with Crippen LogP contribution in [0.25, 0.3) is 0 Å². The van der Waals surface area contributed by atoms with Crippen LogP contribution in [-0.2, 0) is 11.3 Å².